The predicted molar refractivity (Wildman–Crippen MR) is 152 cm³/mol. The van der Waals surface area contributed by atoms with Gasteiger partial charge in [-0.1, -0.05) is 42.5 Å². The maximum atomic E-state index is 13.7. The van der Waals surface area contributed by atoms with Gasteiger partial charge in [-0.3, -0.25) is 9.59 Å². The first-order chi connectivity index (χ1) is 19.4. The minimum absolute atomic E-state index is 0.0911. The zero-order valence-electron chi connectivity index (χ0n) is 23.2. The number of hydrogen-bond donors (Lipinski definition) is 0. The van der Waals surface area contributed by atoms with Crippen LogP contribution in [0.25, 0.3) is 16.8 Å². The maximum absolute atomic E-state index is 13.7. The number of ketones is 1. The number of Topliss-reactive ketones (excluding diaryl/α,β-unsaturated/α-hetero) is 1. The van der Waals surface area contributed by atoms with E-state index < -0.39 is 11.9 Å². The van der Waals surface area contributed by atoms with Crippen molar-refractivity contribution in [3.05, 3.63) is 70.8 Å². The van der Waals surface area contributed by atoms with Crippen LogP contribution < -0.4 is 14.2 Å². The smallest absolute Gasteiger partial charge is 0.342 e. The Hall–Kier alpha value is -4.13. The topological polar surface area (TPSA) is 88.1 Å². The number of methoxy groups -OCH3 is 2. The summed E-state index contributed by atoms with van der Waals surface area (Å²) < 4.78 is 23.2. The number of allylic oxidation sites excluding steroid dienone is 1. The van der Waals surface area contributed by atoms with Crippen molar-refractivity contribution < 1.29 is 33.3 Å². The molecule has 3 aromatic carbocycles. The molecule has 2 atom stereocenters. The highest BCUT2D eigenvalue weighted by Crippen LogP contribution is 2.49. The summed E-state index contributed by atoms with van der Waals surface area (Å²) in [6.45, 7) is 1.84. The molecule has 0 N–H and O–H groups in total. The lowest BCUT2D eigenvalue weighted by atomic mass is 9.81. The molecular formula is C33H34O7. The van der Waals surface area contributed by atoms with Gasteiger partial charge in [0.15, 0.2) is 0 Å². The van der Waals surface area contributed by atoms with E-state index in [1.54, 1.807) is 13.2 Å². The molecule has 0 radical (unpaired) electrons. The number of carbonyl (C=O) groups is 3. The Labute approximate surface area is 234 Å². The first kappa shape index (κ1) is 27.4. The lowest BCUT2D eigenvalue weighted by molar-refractivity contribution is -0.135. The summed E-state index contributed by atoms with van der Waals surface area (Å²) in [7, 11) is 3.15. The average molecular weight is 543 g/mol. The van der Waals surface area contributed by atoms with Gasteiger partial charge in [0.2, 0.25) is 0 Å². The molecule has 2 heterocycles. The summed E-state index contributed by atoms with van der Waals surface area (Å²) in [5, 5.41) is 1.87. The van der Waals surface area contributed by atoms with E-state index in [4.69, 9.17) is 18.9 Å². The summed E-state index contributed by atoms with van der Waals surface area (Å²) in [6.07, 6.45) is 7.14. The van der Waals surface area contributed by atoms with Crippen LogP contribution in [0.15, 0.2) is 48.5 Å². The maximum Gasteiger partial charge on any atom is 0.342 e. The van der Waals surface area contributed by atoms with Gasteiger partial charge in [0.25, 0.3) is 0 Å². The molecular weight excluding hydrogens is 508 g/mol. The minimum atomic E-state index is -0.509. The Morgan fingerprint density at radius 2 is 1.70 bits per heavy atom. The standard InChI is InChI=1S/C33H34O7/c1-20-10-9-13-22(34)12-6-4-5-11-21-18-28-31(32(38-3)30(21)33(36)39-20)26(19-29(35)40-28)24-16-17-27(37-2)25-15-8-7-14-23(24)25/h5,7-8,11,14-18,20,26H,4,6,9-10,12-13,19H2,1-3H3/t20-,26-/m1/s1. The number of benzene rings is 3. The molecule has 0 saturated carbocycles. The Bertz CT molecular complexity index is 1490. The van der Waals surface area contributed by atoms with Crippen molar-refractivity contribution in [3.8, 4) is 17.2 Å². The fourth-order valence-electron chi connectivity index (χ4n) is 5.75. The second-order valence-corrected chi connectivity index (χ2v) is 10.4. The number of esters is 2. The number of cyclic esters (lactones) is 1. The Balaban J connectivity index is 1.69. The SMILES string of the molecule is COc1c2c(cc3c1[C@@H](c1ccc(OC)c4ccccc14)CC(=O)O3)C=CCCCC(=O)CCC[C@@H](C)OC2=O. The van der Waals surface area contributed by atoms with Crippen LogP contribution in [-0.2, 0) is 14.3 Å². The Morgan fingerprint density at radius 1 is 0.925 bits per heavy atom. The lowest BCUT2D eigenvalue weighted by Gasteiger charge is -2.29. The Kier molecular flexibility index (Phi) is 8.19. The normalized spacial score (nSPS) is 20.1. The Morgan fingerprint density at radius 3 is 2.48 bits per heavy atom. The minimum Gasteiger partial charge on any atom is -0.496 e. The summed E-state index contributed by atoms with van der Waals surface area (Å²) in [5.41, 5.74) is 2.40. The third-order valence-corrected chi connectivity index (χ3v) is 7.68. The number of rotatable bonds is 3. The third kappa shape index (κ3) is 5.46. The zero-order valence-corrected chi connectivity index (χ0v) is 23.2. The first-order valence-electron chi connectivity index (χ1n) is 13.8. The van der Waals surface area contributed by atoms with Crippen LogP contribution >= 0.6 is 0 Å². The zero-order chi connectivity index (χ0) is 28.2. The third-order valence-electron chi connectivity index (χ3n) is 7.68. The van der Waals surface area contributed by atoms with E-state index in [-0.39, 0.29) is 24.3 Å². The second kappa shape index (κ2) is 11.9. The van der Waals surface area contributed by atoms with Gasteiger partial charge in [-0.15, -0.1) is 0 Å². The summed E-state index contributed by atoms with van der Waals surface area (Å²) >= 11 is 0. The van der Waals surface area contributed by atoms with Crippen molar-refractivity contribution in [3.63, 3.8) is 0 Å². The van der Waals surface area contributed by atoms with Crippen molar-refractivity contribution in [1.82, 2.24) is 0 Å². The fraction of sp³-hybridized carbons (Fsp3) is 0.364. The molecule has 208 valence electrons. The van der Waals surface area contributed by atoms with Gasteiger partial charge in [-0.25, -0.2) is 4.79 Å². The van der Waals surface area contributed by atoms with Gasteiger partial charge in [-0.2, -0.15) is 0 Å². The quantitative estimate of drug-likeness (QED) is 0.266. The van der Waals surface area contributed by atoms with E-state index in [0.717, 1.165) is 28.5 Å². The molecule has 0 bridgehead atoms. The number of carbonyl (C=O) groups excluding carboxylic acids is 3. The molecule has 0 unspecified atom stereocenters. The molecule has 0 fully saturated rings. The molecule has 0 aromatic heterocycles. The molecule has 0 amide bonds. The van der Waals surface area contributed by atoms with Gasteiger partial charge in [0, 0.05) is 29.7 Å². The van der Waals surface area contributed by atoms with Crippen LogP contribution in [0.4, 0.5) is 0 Å². The molecule has 0 aliphatic carbocycles. The van der Waals surface area contributed by atoms with Gasteiger partial charge >= 0.3 is 11.9 Å². The van der Waals surface area contributed by atoms with Crippen LogP contribution in [0, 0.1) is 0 Å². The van der Waals surface area contributed by atoms with E-state index in [0.29, 0.717) is 60.3 Å². The molecule has 7 heteroatoms. The van der Waals surface area contributed by atoms with Crippen LogP contribution in [0.2, 0.25) is 0 Å². The molecule has 0 saturated heterocycles. The fourth-order valence-corrected chi connectivity index (χ4v) is 5.75. The van der Waals surface area contributed by atoms with Crippen molar-refractivity contribution in [2.45, 2.75) is 63.9 Å². The van der Waals surface area contributed by atoms with E-state index in [9.17, 15) is 14.4 Å². The largest absolute Gasteiger partial charge is 0.496 e. The number of fused-ring (bicyclic) bond motifs is 3. The first-order valence-corrected chi connectivity index (χ1v) is 13.8. The van der Waals surface area contributed by atoms with Crippen molar-refractivity contribution in [2.75, 3.05) is 14.2 Å². The van der Waals surface area contributed by atoms with E-state index in [1.165, 1.54) is 7.11 Å². The van der Waals surface area contributed by atoms with E-state index in [1.807, 2.05) is 55.5 Å². The van der Waals surface area contributed by atoms with Crippen molar-refractivity contribution in [1.29, 1.82) is 0 Å². The van der Waals surface area contributed by atoms with Gasteiger partial charge in [0.05, 0.1) is 26.7 Å². The highest BCUT2D eigenvalue weighted by molar-refractivity contribution is 5.99. The summed E-state index contributed by atoms with van der Waals surface area (Å²) in [5.74, 6) is 0.375. The van der Waals surface area contributed by atoms with Gasteiger partial charge in [-0.05, 0) is 61.3 Å². The molecule has 5 rings (SSSR count). The van der Waals surface area contributed by atoms with E-state index in [2.05, 4.69) is 0 Å². The van der Waals surface area contributed by atoms with Crippen LogP contribution in [0.3, 0.4) is 0 Å². The molecule has 2 aliphatic rings. The monoisotopic (exact) mass is 542 g/mol. The molecule has 2 aliphatic heterocycles. The molecule has 40 heavy (non-hydrogen) atoms. The van der Waals surface area contributed by atoms with Gasteiger partial charge in [0.1, 0.15) is 28.6 Å². The molecule has 7 nitrogen and oxygen atoms in total. The lowest BCUT2D eigenvalue weighted by Crippen LogP contribution is -2.24. The number of hydrogen-bond acceptors (Lipinski definition) is 7. The summed E-state index contributed by atoms with van der Waals surface area (Å²) in [6, 6.07) is 13.5. The van der Waals surface area contributed by atoms with Crippen LogP contribution in [0.5, 0.6) is 17.2 Å². The highest BCUT2D eigenvalue weighted by atomic mass is 16.5. The predicted octanol–water partition coefficient (Wildman–Crippen LogP) is 6.78. The number of ether oxygens (including phenoxy) is 4. The summed E-state index contributed by atoms with van der Waals surface area (Å²) in [4.78, 5) is 38.8. The van der Waals surface area contributed by atoms with E-state index >= 15 is 0 Å². The highest BCUT2D eigenvalue weighted by Gasteiger charge is 2.37. The van der Waals surface area contributed by atoms with Crippen molar-refractivity contribution in [2.24, 2.45) is 0 Å². The average Bonchev–Trinajstić information content (AvgIpc) is 2.94. The van der Waals surface area contributed by atoms with Crippen molar-refractivity contribution >= 4 is 34.6 Å². The van der Waals surface area contributed by atoms with Crippen LogP contribution in [0.1, 0.15) is 84.8 Å². The second-order valence-electron chi connectivity index (χ2n) is 10.4. The van der Waals surface area contributed by atoms with Crippen LogP contribution in [-0.4, -0.2) is 38.0 Å². The van der Waals surface area contributed by atoms with Gasteiger partial charge < -0.3 is 18.9 Å². The molecule has 3 aromatic rings. The molecule has 0 spiro atoms.